The molecule has 0 atom stereocenters. The third-order valence-corrected chi connectivity index (χ3v) is 2.86. The summed E-state index contributed by atoms with van der Waals surface area (Å²) in [4.78, 5) is 8.34. The average Bonchev–Trinajstić information content (AvgIpc) is 2.66. The number of nitrogens with two attached hydrogens (primary N) is 1. The molecule has 0 spiro atoms. The lowest BCUT2D eigenvalue weighted by Crippen LogP contribution is -2.17. The van der Waals surface area contributed by atoms with Gasteiger partial charge in [-0.2, -0.15) is 5.10 Å². The average molecular weight is 246 g/mol. The molecule has 3 N–H and O–H groups in total. The van der Waals surface area contributed by atoms with Gasteiger partial charge in [0.25, 0.3) is 5.95 Å². The topological polar surface area (TPSA) is 102 Å². The molecule has 7 heteroatoms. The molecule has 0 unspecified atom stereocenters. The summed E-state index contributed by atoms with van der Waals surface area (Å²) >= 11 is 0. The van der Waals surface area contributed by atoms with E-state index in [1.54, 1.807) is 16.9 Å². The van der Waals surface area contributed by atoms with Crippen LogP contribution in [0.1, 0.15) is 22.6 Å². The van der Waals surface area contributed by atoms with Crippen LogP contribution in [-0.2, 0) is 0 Å². The highest BCUT2D eigenvalue weighted by Crippen LogP contribution is 2.14. The molecule has 0 aliphatic carbocycles. The quantitative estimate of drug-likeness (QED) is 0.351. The standard InChI is InChI=1S/C11H14N6O/c1-6-7(2)15-17(8(6)3)11-13-5-4-9(14-11)10(12)16-18/h4-5,18H,1-3H3,(H2,12,16). The Morgan fingerprint density at radius 3 is 2.67 bits per heavy atom. The Hall–Kier alpha value is -2.44. The number of amidine groups is 1. The maximum atomic E-state index is 8.63. The Kier molecular flexibility index (Phi) is 2.97. The van der Waals surface area contributed by atoms with Crippen LogP contribution in [0.4, 0.5) is 0 Å². The SMILES string of the molecule is Cc1nn(-c2nccc(/C(N)=N/O)n2)c(C)c1C. The van der Waals surface area contributed by atoms with Crippen LogP contribution in [0, 0.1) is 20.8 Å². The van der Waals surface area contributed by atoms with E-state index in [0.29, 0.717) is 11.6 Å². The van der Waals surface area contributed by atoms with Crippen molar-refractivity contribution in [1.29, 1.82) is 0 Å². The fourth-order valence-corrected chi connectivity index (χ4v) is 1.56. The lowest BCUT2D eigenvalue weighted by molar-refractivity contribution is 0.318. The minimum atomic E-state index is -0.0584. The number of hydrogen-bond acceptors (Lipinski definition) is 5. The Morgan fingerprint density at radius 2 is 2.11 bits per heavy atom. The van der Waals surface area contributed by atoms with E-state index < -0.39 is 0 Å². The van der Waals surface area contributed by atoms with Crippen LogP contribution in [0.2, 0.25) is 0 Å². The van der Waals surface area contributed by atoms with Crippen molar-refractivity contribution in [3.63, 3.8) is 0 Å². The van der Waals surface area contributed by atoms with Gasteiger partial charge in [-0.05, 0) is 32.4 Å². The zero-order valence-electron chi connectivity index (χ0n) is 10.4. The number of aryl methyl sites for hydroxylation is 1. The molecule has 0 bridgehead atoms. The fraction of sp³-hybridized carbons (Fsp3) is 0.273. The molecule has 94 valence electrons. The number of oxime groups is 1. The number of hydrogen-bond donors (Lipinski definition) is 2. The smallest absolute Gasteiger partial charge is 0.251 e. The second-order valence-electron chi connectivity index (χ2n) is 3.93. The van der Waals surface area contributed by atoms with Crippen molar-refractivity contribution < 1.29 is 5.21 Å². The van der Waals surface area contributed by atoms with Crippen LogP contribution in [0.25, 0.3) is 5.95 Å². The van der Waals surface area contributed by atoms with Gasteiger partial charge in [-0.15, -0.1) is 0 Å². The first kappa shape index (κ1) is 12.0. The third kappa shape index (κ3) is 1.90. The highest BCUT2D eigenvalue weighted by Gasteiger charge is 2.12. The Balaban J connectivity index is 2.55. The van der Waals surface area contributed by atoms with Crippen molar-refractivity contribution in [1.82, 2.24) is 19.7 Å². The summed E-state index contributed by atoms with van der Waals surface area (Å²) in [6, 6.07) is 1.57. The normalized spacial score (nSPS) is 11.8. The predicted octanol–water partition coefficient (Wildman–Crippen LogP) is 0.682. The molecule has 2 aromatic heterocycles. The zero-order valence-corrected chi connectivity index (χ0v) is 10.4. The summed E-state index contributed by atoms with van der Waals surface area (Å²) in [5.74, 6) is 0.338. The second-order valence-corrected chi connectivity index (χ2v) is 3.93. The van der Waals surface area contributed by atoms with E-state index >= 15 is 0 Å². The lowest BCUT2D eigenvalue weighted by atomic mass is 10.2. The van der Waals surface area contributed by atoms with Crippen LogP contribution in [-0.4, -0.2) is 30.8 Å². The molecule has 0 radical (unpaired) electrons. The number of aromatic nitrogens is 4. The van der Waals surface area contributed by atoms with E-state index in [9.17, 15) is 0 Å². The van der Waals surface area contributed by atoms with Gasteiger partial charge in [-0.3, -0.25) is 0 Å². The van der Waals surface area contributed by atoms with E-state index in [2.05, 4.69) is 20.2 Å². The zero-order chi connectivity index (χ0) is 13.3. The van der Waals surface area contributed by atoms with Crippen molar-refractivity contribution >= 4 is 5.84 Å². The number of rotatable bonds is 2. The third-order valence-electron chi connectivity index (χ3n) is 2.86. The van der Waals surface area contributed by atoms with Gasteiger partial charge in [-0.25, -0.2) is 14.6 Å². The van der Waals surface area contributed by atoms with Crippen molar-refractivity contribution in [2.45, 2.75) is 20.8 Å². The monoisotopic (exact) mass is 246 g/mol. The largest absolute Gasteiger partial charge is 0.409 e. The second kappa shape index (κ2) is 4.44. The highest BCUT2D eigenvalue weighted by atomic mass is 16.4. The minimum absolute atomic E-state index is 0.0584. The van der Waals surface area contributed by atoms with Crippen molar-refractivity contribution in [3.05, 3.63) is 34.9 Å². The minimum Gasteiger partial charge on any atom is -0.409 e. The van der Waals surface area contributed by atoms with Crippen molar-refractivity contribution in [3.8, 4) is 5.95 Å². The molecule has 7 nitrogen and oxygen atoms in total. The first-order valence-electron chi connectivity index (χ1n) is 5.38. The summed E-state index contributed by atoms with van der Waals surface area (Å²) in [6.07, 6.45) is 1.54. The van der Waals surface area contributed by atoms with E-state index in [-0.39, 0.29) is 5.84 Å². The summed E-state index contributed by atoms with van der Waals surface area (Å²) in [5, 5.41) is 15.9. The van der Waals surface area contributed by atoms with Crippen LogP contribution < -0.4 is 5.73 Å². The summed E-state index contributed by atoms with van der Waals surface area (Å²) in [7, 11) is 0. The maximum absolute atomic E-state index is 8.63. The maximum Gasteiger partial charge on any atom is 0.251 e. The molecule has 0 saturated heterocycles. The van der Waals surface area contributed by atoms with Crippen molar-refractivity contribution in [2.75, 3.05) is 0 Å². The van der Waals surface area contributed by atoms with E-state index in [4.69, 9.17) is 10.9 Å². The molecule has 0 amide bonds. The summed E-state index contributed by atoms with van der Waals surface area (Å²) < 4.78 is 1.64. The molecule has 0 aromatic carbocycles. The Bertz CT molecular complexity index is 616. The first-order chi connectivity index (χ1) is 8.54. The van der Waals surface area contributed by atoms with E-state index in [1.807, 2.05) is 20.8 Å². The first-order valence-corrected chi connectivity index (χ1v) is 5.38. The molecule has 0 saturated carbocycles. The van der Waals surface area contributed by atoms with Crippen LogP contribution in [0.5, 0.6) is 0 Å². The molecule has 2 heterocycles. The molecule has 0 aliphatic heterocycles. The number of nitrogens with zero attached hydrogens (tertiary/aromatic N) is 5. The Morgan fingerprint density at radius 1 is 1.39 bits per heavy atom. The summed E-state index contributed by atoms with van der Waals surface area (Å²) in [5.41, 5.74) is 8.82. The van der Waals surface area contributed by atoms with Crippen LogP contribution in [0.3, 0.4) is 0 Å². The Labute approximate surface area is 104 Å². The van der Waals surface area contributed by atoms with Gasteiger partial charge in [0, 0.05) is 11.9 Å². The van der Waals surface area contributed by atoms with Gasteiger partial charge in [0.2, 0.25) is 0 Å². The molecule has 18 heavy (non-hydrogen) atoms. The summed E-state index contributed by atoms with van der Waals surface area (Å²) in [6.45, 7) is 5.85. The van der Waals surface area contributed by atoms with Gasteiger partial charge in [0.05, 0.1) is 5.69 Å². The predicted molar refractivity (Wildman–Crippen MR) is 65.9 cm³/mol. The van der Waals surface area contributed by atoms with Gasteiger partial charge < -0.3 is 10.9 Å². The molecular weight excluding hydrogens is 232 g/mol. The van der Waals surface area contributed by atoms with E-state index in [1.165, 1.54) is 0 Å². The van der Waals surface area contributed by atoms with Crippen LogP contribution in [0.15, 0.2) is 17.4 Å². The molecule has 0 fully saturated rings. The van der Waals surface area contributed by atoms with Gasteiger partial charge in [-0.1, -0.05) is 5.16 Å². The fourth-order valence-electron chi connectivity index (χ4n) is 1.56. The van der Waals surface area contributed by atoms with E-state index in [0.717, 1.165) is 17.0 Å². The van der Waals surface area contributed by atoms with Gasteiger partial charge in [0.1, 0.15) is 5.69 Å². The van der Waals surface area contributed by atoms with Gasteiger partial charge >= 0.3 is 0 Å². The molecule has 2 aromatic rings. The van der Waals surface area contributed by atoms with Crippen molar-refractivity contribution in [2.24, 2.45) is 10.9 Å². The molecular formula is C11H14N6O. The highest BCUT2D eigenvalue weighted by molar-refractivity contribution is 5.95. The van der Waals surface area contributed by atoms with Crippen LogP contribution >= 0.6 is 0 Å². The van der Waals surface area contributed by atoms with Gasteiger partial charge in [0.15, 0.2) is 5.84 Å². The lowest BCUT2D eigenvalue weighted by Gasteiger charge is -2.04. The molecule has 2 rings (SSSR count). The molecule has 0 aliphatic rings.